The summed E-state index contributed by atoms with van der Waals surface area (Å²) < 4.78 is 44.3. The highest BCUT2D eigenvalue weighted by Crippen LogP contribution is 2.18. The van der Waals surface area contributed by atoms with Gasteiger partial charge >= 0.3 is 6.18 Å². The standard InChI is InChI=1S/C4H4F4/c1-3(5)2-4(6,7)8/h2H,1H3/b3-2-. The van der Waals surface area contributed by atoms with E-state index in [4.69, 9.17) is 0 Å². The zero-order valence-electron chi connectivity index (χ0n) is 4.09. The zero-order valence-corrected chi connectivity index (χ0v) is 4.09. The van der Waals surface area contributed by atoms with Gasteiger partial charge in [-0.15, -0.1) is 0 Å². The van der Waals surface area contributed by atoms with E-state index in [1.54, 1.807) is 0 Å². The van der Waals surface area contributed by atoms with E-state index in [9.17, 15) is 17.6 Å². The van der Waals surface area contributed by atoms with Crippen molar-refractivity contribution in [2.24, 2.45) is 0 Å². The van der Waals surface area contributed by atoms with Crippen LogP contribution in [-0.2, 0) is 0 Å². The Morgan fingerprint density at radius 2 is 1.75 bits per heavy atom. The molecule has 0 aromatic rings. The van der Waals surface area contributed by atoms with Crippen molar-refractivity contribution in [2.45, 2.75) is 13.1 Å². The SMILES string of the molecule is C/C(F)=C/C(F)(F)F. The largest absolute Gasteiger partial charge is 0.412 e. The summed E-state index contributed by atoms with van der Waals surface area (Å²) in [7, 11) is 0. The van der Waals surface area contributed by atoms with Crippen molar-refractivity contribution in [2.75, 3.05) is 0 Å². The maximum Gasteiger partial charge on any atom is 0.412 e. The Hall–Kier alpha value is -0.540. The molecule has 48 valence electrons. The summed E-state index contributed by atoms with van der Waals surface area (Å²) >= 11 is 0. The van der Waals surface area contributed by atoms with E-state index in [1.807, 2.05) is 0 Å². The topological polar surface area (TPSA) is 0 Å². The second-order valence-electron chi connectivity index (χ2n) is 1.27. The number of hydrogen-bond donors (Lipinski definition) is 0. The first-order valence-corrected chi connectivity index (χ1v) is 1.83. The van der Waals surface area contributed by atoms with Crippen molar-refractivity contribution >= 4 is 0 Å². The van der Waals surface area contributed by atoms with E-state index in [1.165, 1.54) is 0 Å². The lowest BCUT2D eigenvalue weighted by molar-refractivity contribution is -0.0813. The van der Waals surface area contributed by atoms with Gasteiger partial charge in [0.2, 0.25) is 0 Å². The average Bonchev–Trinajstić information content (AvgIpc) is 1.21. The van der Waals surface area contributed by atoms with Crippen LogP contribution in [0.1, 0.15) is 6.92 Å². The molecule has 0 rings (SSSR count). The third-order valence-electron chi connectivity index (χ3n) is 0.363. The van der Waals surface area contributed by atoms with Crippen LogP contribution in [-0.4, -0.2) is 6.18 Å². The molecule has 0 aliphatic carbocycles. The second-order valence-corrected chi connectivity index (χ2v) is 1.27. The molecule has 0 aliphatic rings. The molecule has 0 N–H and O–H groups in total. The summed E-state index contributed by atoms with van der Waals surface area (Å²) in [6.07, 6.45) is -4.91. The first-order valence-electron chi connectivity index (χ1n) is 1.83. The van der Waals surface area contributed by atoms with Gasteiger partial charge in [0.15, 0.2) is 0 Å². The molecule has 0 heterocycles. The van der Waals surface area contributed by atoms with Crippen molar-refractivity contribution in [1.29, 1.82) is 0 Å². The summed E-state index contributed by atoms with van der Waals surface area (Å²) in [4.78, 5) is 0. The molecule has 8 heavy (non-hydrogen) atoms. The molecular formula is C4H4F4. The van der Waals surface area contributed by atoms with E-state index in [2.05, 4.69) is 0 Å². The molecule has 0 fully saturated rings. The lowest BCUT2D eigenvalue weighted by Crippen LogP contribution is -2.00. The first kappa shape index (κ1) is 7.46. The summed E-state index contributed by atoms with van der Waals surface area (Å²) in [5.74, 6) is -1.22. The lowest BCUT2D eigenvalue weighted by atomic mass is 10.5. The summed E-state index contributed by atoms with van der Waals surface area (Å²) in [6.45, 7) is 0.744. The molecule has 4 heteroatoms. The fourth-order valence-electron chi connectivity index (χ4n) is 0.226. The van der Waals surface area contributed by atoms with Crippen molar-refractivity contribution in [3.05, 3.63) is 11.9 Å². The van der Waals surface area contributed by atoms with Gasteiger partial charge in [0, 0.05) is 0 Å². The number of rotatable bonds is 0. The van der Waals surface area contributed by atoms with Crippen LogP contribution in [0.3, 0.4) is 0 Å². The van der Waals surface area contributed by atoms with Crippen LogP contribution in [0.15, 0.2) is 11.9 Å². The molecule has 0 aromatic carbocycles. The van der Waals surface area contributed by atoms with E-state index in [0.717, 1.165) is 6.92 Å². The van der Waals surface area contributed by atoms with Gasteiger partial charge in [0.25, 0.3) is 0 Å². The van der Waals surface area contributed by atoms with Gasteiger partial charge in [0.1, 0.15) is 5.83 Å². The Morgan fingerprint density at radius 1 is 1.38 bits per heavy atom. The molecule has 0 unspecified atom stereocenters. The molecular weight excluding hydrogens is 124 g/mol. The van der Waals surface area contributed by atoms with Crippen LogP contribution >= 0.6 is 0 Å². The van der Waals surface area contributed by atoms with Crippen LogP contribution in [0.2, 0.25) is 0 Å². The van der Waals surface area contributed by atoms with Gasteiger partial charge in [0.05, 0.1) is 6.08 Å². The highest BCUT2D eigenvalue weighted by atomic mass is 19.4. The van der Waals surface area contributed by atoms with Crippen molar-refractivity contribution in [1.82, 2.24) is 0 Å². The fraction of sp³-hybridized carbons (Fsp3) is 0.500. The predicted molar refractivity (Wildman–Crippen MR) is 20.9 cm³/mol. The van der Waals surface area contributed by atoms with Crippen LogP contribution in [0.25, 0.3) is 0 Å². The lowest BCUT2D eigenvalue weighted by Gasteiger charge is -1.95. The van der Waals surface area contributed by atoms with Gasteiger partial charge in [-0.2, -0.15) is 13.2 Å². The van der Waals surface area contributed by atoms with E-state index in [0.29, 0.717) is 0 Å². The number of hydrogen-bond acceptors (Lipinski definition) is 0. The quantitative estimate of drug-likeness (QED) is 0.439. The second kappa shape index (κ2) is 2.15. The number of alkyl halides is 3. The minimum atomic E-state index is -4.52. The molecule has 0 bridgehead atoms. The van der Waals surface area contributed by atoms with Crippen LogP contribution in [0.4, 0.5) is 17.6 Å². The first-order chi connectivity index (χ1) is 3.42. The molecule has 0 spiro atoms. The summed E-state index contributed by atoms with van der Waals surface area (Å²) in [6, 6.07) is 0. The minimum Gasteiger partial charge on any atom is -0.212 e. The van der Waals surface area contributed by atoms with Crippen LogP contribution in [0, 0.1) is 0 Å². The van der Waals surface area contributed by atoms with Gasteiger partial charge < -0.3 is 0 Å². The maximum absolute atomic E-state index is 11.3. The van der Waals surface area contributed by atoms with E-state index in [-0.39, 0.29) is 0 Å². The Kier molecular flexibility index (Phi) is 2.01. The Morgan fingerprint density at radius 3 is 1.75 bits per heavy atom. The minimum absolute atomic E-state index is 0.396. The maximum atomic E-state index is 11.3. The third-order valence-corrected chi connectivity index (χ3v) is 0.363. The molecule has 0 saturated carbocycles. The normalized spacial score (nSPS) is 14.4. The highest BCUT2D eigenvalue weighted by molar-refractivity contribution is 4.92. The Labute approximate surface area is 43.8 Å². The van der Waals surface area contributed by atoms with Gasteiger partial charge in [-0.3, -0.25) is 0 Å². The smallest absolute Gasteiger partial charge is 0.212 e. The molecule has 0 nitrogen and oxygen atoms in total. The predicted octanol–water partition coefficient (Wildman–Crippen LogP) is 2.42. The molecule has 0 saturated heterocycles. The molecule has 0 radical (unpaired) electrons. The average molecular weight is 128 g/mol. The Balaban J connectivity index is 3.89. The van der Waals surface area contributed by atoms with Crippen LogP contribution < -0.4 is 0 Å². The van der Waals surface area contributed by atoms with Crippen molar-refractivity contribution in [3.8, 4) is 0 Å². The molecule has 0 aromatic heterocycles. The molecule has 0 amide bonds. The van der Waals surface area contributed by atoms with Gasteiger partial charge in [-0.1, -0.05) is 0 Å². The molecule has 0 atom stereocenters. The van der Waals surface area contributed by atoms with E-state index < -0.39 is 18.1 Å². The van der Waals surface area contributed by atoms with Crippen LogP contribution in [0.5, 0.6) is 0 Å². The monoisotopic (exact) mass is 128 g/mol. The highest BCUT2D eigenvalue weighted by Gasteiger charge is 2.23. The van der Waals surface area contributed by atoms with Gasteiger partial charge in [-0.05, 0) is 6.92 Å². The fourth-order valence-corrected chi connectivity index (χ4v) is 0.226. The van der Waals surface area contributed by atoms with Gasteiger partial charge in [-0.25, -0.2) is 4.39 Å². The number of allylic oxidation sites excluding steroid dienone is 2. The zero-order chi connectivity index (χ0) is 6.78. The number of halogens is 4. The third kappa shape index (κ3) is 5.46. The van der Waals surface area contributed by atoms with E-state index >= 15 is 0 Å². The molecule has 0 aliphatic heterocycles. The van der Waals surface area contributed by atoms with Crippen molar-refractivity contribution < 1.29 is 17.6 Å². The Bertz CT molecular complexity index is 95.1. The summed E-state index contributed by atoms with van der Waals surface area (Å²) in [5.41, 5.74) is 0. The van der Waals surface area contributed by atoms with Crippen molar-refractivity contribution in [3.63, 3.8) is 0 Å². The summed E-state index contributed by atoms with van der Waals surface area (Å²) in [5, 5.41) is 0.